The predicted molar refractivity (Wildman–Crippen MR) is 86.0 cm³/mol. The molecule has 1 aliphatic rings. The molecule has 2 aromatic rings. The fourth-order valence-corrected chi connectivity index (χ4v) is 3.75. The maximum atomic E-state index is 12.1. The average Bonchev–Trinajstić information content (AvgIpc) is 2.95. The Morgan fingerprint density at radius 3 is 2.68 bits per heavy atom. The molecule has 1 heterocycles. The van der Waals surface area contributed by atoms with Gasteiger partial charge in [-0.25, -0.2) is 18.1 Å². The van der Waals surface area contributed by atoms with E-state index < -0.39 is 10.0 Å². The van der Waals surface area contributed by atoms with E-state index in [0.717, 1.165) is 29.9 Å². The van der Waals surface area contributed by atoms with Crippen molar-refractivity contribution >= 4 is 10.0 Å². The van der Waals surface area contributed by atoms with Crippen LogP contribution in [0.25, 0.3) is 0 Å². The highest BCUT2D eigenvalue weighted by atomic mass is 32.2. The van der Waals surface area contributed by atoms with Crippen molar-refractivity contribution < 1.29 is 8.42 Å². The third kappa shape index (κ3) is 3.96. The van der Waals surface area contributed by atoms with Gasteiger partial charge >= 0.3 is 0 Å². The van der Waals surface area contributed by atoms with Crippen LogP contribution in [-0.2, 0) is 35.8 Å². The number of rotatable bonds is 6. The minimum Gasteiger partial charge on any atom is -0.345 e. The summed E-state index contributed by atoms with van der Waals surface area (Å²) in [6.45, 7) is 0.240. The first-order chi connectivity index (χ1) is 10.6. The molecular formula is C16H21N3O2S. The highest BCUT2D eigenvalue weighted by Crippen LogP contribution is 2.18. The van der Waals surface area contributed by atoms with Crippen LogP contribution in [0.1, 0.15) is 35.6 Å². The quantitative estimate of drug-likeness (QED) is 0.854. The Kier molecular flexibility index (Phi) is 4.59. The minimum atomic E-state index is -3.29. The van der Waals surface area contributed by atoms with E-state index in [-0.39, 0.29) is 12.3 Å². The molecular weight excluding hydrogens is 298 g/mol. The van der Waals surface area contributed by atoms with Gasteiger partial charge in [-0.2, -0.15) is 0 Å². The summed E-state index contributed by atoms with van der Waals surface area (Å²) in [7, 11) is -3.29. The summed E-state index contributed by atoms with van der Waals surface area (Å²) in [4.78, 5) is 7.73. The number of H-pyrrole nitrogens is 1. The molecule has 1 aromatic carbocycles. The van der Waals surface area contributed by atoms with Crippen LogP contribution in [0.3, 0.4) is 0 Å². The van der Waals surface area contributed by atoms with Crippen LogP contribution < -0.4 is 4.72 Å². The molecule has 0 saturated heterocycles. The number of sulfonamides is 1. The zero-order chi connectivity index (χ0) is 15.4. The van der Waals surface area contributed by atoms with Crippen LogP contribution in [0.4, 0.5) is 0 Å². The number of aromatic amines is 1. The van der Waals surface area contributed by atoms with Gasteiger partial charge in [0.1, 0.15) is 5.82 Å². The predicted octanol–water partition coefficient (Wildman–Crippen LogP) is 1.95. The monoisotopic (exact) mass is 319 g/mol. The Morgan fingerprint density at radius 2 is 1.91 bits per heavy atom. The first kappa shape index (κ1) is 15.2. The van der Waals surface area contributed by atoms with Gasteiger partial charge in [0.25, 0.3) is 0 Å². The van der Waals surface area contributed by atoms with Crippen molar-refractivity contribution in [1.82, 2.24) is 14.7 Å². The van der Waals surface area contributed by atoms with E-state index in [9.17, 15) is 8.42 Å². The standard InChI is InChI=1S/C16H21N3O2S/c20-22(21,11-10-13-6-2-1-3-7-13)17-12-16-18-14-8-4-5-9-15(14)19-16/h1-3,6-7,17H,4-5,8-12H2,(H,18,19). The van der Waals surface area contributed by atoms with E-state index in [0.29, 0.717) is 6.42 Å². The van der Waals surface area contributed by atoms with Crippen molar-refractivity contribution in [1.29, 1.82) is 0 Å². The Hall–Kier alpha value is -1.66. The van der Waals surface area contributed by atoms with Crippen molar-refractivity contribution in [2.24, 2.45) is 0 Å². The fourth-order valence-electron chi connectivity index (χ4n) is 2.74. The average molecular weight is 319 g/mol. The van der Waals surface area contributed by atoms with Crippen molar-refractivity contribution in [3.8, 4) is 0 Å². The largest absolute Gasteiger partial charge is 0.345 e. The number of imidazole rings is 1. The normalized spacial score (nSPS) is 14.7. The number of hydrogen-bond donors (Lipinski definition) is 2. The lowest BCUT2D eigenvalue weighted by Crippen LogP contribution is -2.27. The first-order valence-corrected chi connectivity index (χ1v) is 9.35. The van der Waals surface area contributed by atoms with E-state index in [2.05, 4.69) is 14.7 Å². The number of aromatic nitrogens is 2. The topological polar surface area (TPSA) is 74.8 Å². The Bertz CT molecular complexity index is 700. The van der Waals surface area contributed by atoms with E-state index in [4.69, 9.17) is 0 Å². The third-order valence-electron chi connectivity index (χ3n) is 3.97. The minimum absolute atomic E-state index is 0.0947. The van der Waals surface area contributed by atoms with Gasteiger partial charge in [0.15, 0.2) is 0 Å². The van der Waals surface area contributed by atoms with Gasteiger partial charge in [-0.1, -0.05) is 30.3 Å². The van der Waals surface area contributed by atoms with E-state index >= 15 is 0 Å². The van der Waals surface area contributed by atoms with Crippen molar-refractivity contribution in [3.63, 3.8) is 0 Å². The van der Waals surface area contributed by atoms with Crippen LogP contribution in [0, 0.1) is 0 Å². The molecule has 3 rings (SSSR count). The smallest absolute Gasteiger partial charge is 0.212 e. The third-order valence-corrected chi connectivity index (χ3v) is 5.29. The summed E-state index contributed by atoms with van der Waals surface area (Å²) >= 11 is 0. The van der Waals surface area contributed by atoms with Gasteiger partial charge in [-0.15, -0.1) is 0 Å². The number of benzene rings is 1. The number of aryl methyl sites for hydroxylation is 3. The second-order valence-electron chi connectivity index (χ2n) is 5.69. The summed E-state index contributed by atoms with van der Waals surface area (Å²) < 4.78 is 26.8. The molecule has 0 amide bonds. The number of fused-ring (bicyclic) bond motifs is 1. The van der Waals surface area contributed by atoms with Gasteiger partial charge in [-0.05, 0) is 37.7 Å². The molecule has 0 saturated carbocycles. The zero-order valence-corrected chi connectivity index (χ0v) is 13.3. The molecule has 1 aromatic heterocycles. The van der Waals surface area contributed by atoms with Gasteiger partial charge in [0, 0.05) is 5.69 Å². The van der Waals surface area contributed by atoms with Gasteiger partial charge < -0.3 is 4.98 Å². The molecule has 0 fully saturated rings. The molecule has 1 aliphatic carbocycles. The van der Waals surface area contributed by atoms with E-state index in [1.807, 2.05) is 30.3 Å². The maximum absolute atomic E-state index is 12.1. The maximum Gasteiger partial charge on any atom is 0.212 e. The summed E-state index contributed by atoms with van der Waals surface area (Å²) in [5.74, 6) is 0.812. The number of hydrogen-bond acceptors (Lipinski definition) is 3. The highest BCUT2D eigenvalue weighted by Gasteiger charge is 2.16. The Morgan fingerprint density at radius 1 is 1.14 bits per heavy atom. The van der Waals surface area contributed by atoms with Crippen LogP contribution in [0.2, 0.25) is 0 Å². The van der Waals surface area contributed by atoms with Crippen LogP contribution >= 0.6 is 0 Å². The number of nitrogens with one attached hydrogen (secondary N) is 2. The van der Waals surface area contributed by atoms with Crippen LogP contribution in [0.15, 0.2) is 30.3 Å². The second-order valence-corrected chi connectivity index (χ2v) is 7.62. The lowest BCUT2D eigenvalue weighted by Gasteiger charge is -2.07. The summed E-state index contributed by atoms with van der Waals surface area (Å²) in [5, 5.41) is 0. The van der Waals surface area contributed by atoms with Gasteiger partial charge in [-0.3, -0.25) is 0 Å². The number of nitrogens with zero attached hydrogens (tertiary/aromatic N) is 1. The Balaban J connectivity index is 1.54. The van der Waals surface area contributed by atoms with E-state index in [1.54, 1.807) is 0 Å². The highest BCUT2D eigenvalue weighted by molar-refractivity contribution is 7.89. The lowest BCUT2D eigenvalue weighted by atomic mass is 10.0. The molecule has 0 unspecified atom stereocenters. The molecule has 5 nitrogen and oxygen atoms in total. The fraction of sp³-hybridized carbons (Fsp3) is 0.438. The molecule has 2 N–H and O–H groups in total. The lowest BCUT2D eigenvalue weighted by molar-refractivity contribution is 0.578. The Labute approximate surface area is 131 Å². The van der Waals surface area contributed by atoms with Crippen molar-refractivity contribution in [2.45, 2.75) is 38.6 Å². The van der Waals surface area contributed by atoms with Gasteiger partial charge in [0.05, 0.1) is 18.0 Å². The second kappa shape index (κ2) is 6.62. The SMILES string of the molecule is O=S(=O)(CCc1ccccc1)NCc1nc2c([nH]1)CCCC2. The van der Waals surface area contributed by atoms with Crippen molar-refractivity contribution in [2.75, 3.05) is 5.75 Å². The molecule has 0 atom stereocenters. The van der Waals surface area contributed by atoms with Crippen LogP contribution in [0.5, 0.6) is 0 Å². The van der Waals surface area contributed by atoms with Gasteiger partial charge in [0.2, 0.25) is 10.0 Å². The molecule has 118 valence electrons. The molecule has 0 bridgehead atoms. The summed E-state index contributed by atoms with van der Waals surface area (Å²) in [5.41, 5.74) is 3.30. The molecule has 22 heavy (non-hydrogen) atoms. The van der Waals surface area contributed by atoms with Crippen molar-refractivity contribution in [3.05, 3.63) is 53.1 Å². The summed E-state index contributed by atoms with van der Waals surface area (Å²) in [6.07, 6.45) is 4.87. The van der Waals surface area contributed by atoms with E-state index in [1.165, 1.54) is 18.5 Å². The zero-order valence-electron chi connectivity index (χ0n) is 12.5. The first-order valence-electron chi connectivity index (χ1n) is 7.70. The molecule has 0 radical (unpaired) electrons. The van der Waals surface area contributed by atoms with Crippen LogP contribution in [-0.4, -0.2) is 24.1 Å². The summed E-state index contributed by atoms with van der Waals surface area (Å²) in [6, 6.07) is 9.65. The molecule has 0 spiro atoms. The molecule has 0 aliphatic heterocycles. The molecule has 6 heteroatoms.